The van der Waals surface area contributed by atoms with Gasteiger partial charge in [0.15, 0.2) is 0 Å². The fraction of sp³-hybridized carbons (Fsp3) is 0.625. The van der Waals surface area contributed by atoms with Gasteiger partial charge in [-0.25, -0.2) is 0 Å². The number of rotatable bonds is 3. The third-order valence-electron chi connectivity index (χ3n) is 4.20. The molecule has 19 heavy (non-hydrogen) atoms. The van der Waals surface area contributed by atoms with Gasteiger partial charge in [-0.15, -0.1) is 0 Å². The first-order valence-corrected chi connectivity index (χ1v) is 6.93. The molecule has 106 valence electrons. The van der Waals surface area contributed by atoms with Gasteiger partial charge in [-0.05, 0) is 48.9 Å². The number of fused-ring (bicyclic) bond motifs is 1. The summed E-state index contributed by atoms with van der Waals surface area (Å²) in [5, 5.41) is 3.45. The Morgan fingerprint density at radius 2 is 1.95 bits per heavy atom. The van der Waals surface area contributed by atoms with Gasteiger partial charge >= 0.3 is 0 Å². The lowest BCUT2D eigenvalue weighted by Crippen LogP contribution is -2.22. The Labute approximate surface area is 116 Å². The molecule has 3 nitrogen and oxygen atoms in total. The monoisotopic (exact) mass is 263 g/mol. The van der Waals surface area contributed by atoms with Crippen molar-refractivity contribution in [2.75, 3.05) is 21.3 Å². The number of benzene rings is 1. The van der Waals surface area contributed by atoms with Crippen molar-refractivity contribution in [3.63, 3.8) is 0 Å². The van der Waals surface area contributed by atoms with Gasteiger partial charge in [0.1, 0.15) is 11.5 Å². The third-order valence-corrected chi connectivity index (χ3v) is 4.20. The SMILES string of the molecule is CNC1CC(C)(C)CCc2c(OC)cc(OC)cc21. The second-order valence-electron chi connectivity index (χ2n) is 6.11. The Hall–Kier alpha value is -1.22. The Kier molecular flexibility index (Phi) is 4.04. The van der Waals surface area contributed by atoms with Crippen LogP contribution in [-0.2, 0) is 6.42 Å². The van der Waals surface area contributed by atoms with Crippen LogP contribution in [-0.4, -0.2) is 21.3 Å². The van der Waals surface area contributed by atoms with Crippen molar-refractivity contribution in [2.45, 2.75) is 39.2 Å². The van der Waals surface area contributed by atoms with Gasteiger partial charge in [0.25, 0.3) is 0 Å². The number of nitrogens with one attached hydrogen (secondary N) is 1. The van der Waals surface area contributed by atoms with Crippen molar-refractivity contribution < 1.29 is 9.47 Å². The fourth-order valence-corrected chi connectivity index (χ4v) is 3.00. The molecule has 1 aliphatic carbocycles. The predicted octanol–water partition coefficient (Wildman–Crippen LogP) is 3.33. The van der Waals surface area contributed by atoms with E-state index in [4.69, 9.17) is 9.47 Å². The molecule has 0 saturated carbocycles. The average Bonchev–Trinajstić information content (AvgIpc) is 2.54. The predicted molar refractivity (Wildman–Crippen MR) is 78.1 cm³/mol. The highest BCUT2D eigenvalue weighted by Gasteiger charge is 2.30. The second kappa shape index (κ2) is 5.41. The Morgan fingerprint density at radius 3 is 2.53 bits per heavy atom. The van der Waals surface area contributed by atoms with Crippen LogP contribution < -0.4 is 14.8 Å². The first-order valence-electron chi connectivity index (χ1n) is 6.93. The topological polar surface area (TPSA) is 30.5 Å². The van der Waals surface area contributed by atoms with Gasteiger partial charge in [-0.1, -0.05) is 13.8 Å². The van der Waals surface area contributed by atoms with Crippen molar-refractivity contribution in [1.29, 1.82) is 0 Å². The van der Waals surface area contributed by atoms with Crippen LogP contribution in [0.5, 0.6) is 11.5 Å². The minimum absolute atomic E-state index is 0.338. The average molecular weight is 263 g/mol. The minimum Gasteiger partial charge on any atom is -0.497 e. The zero-order valence-electron chi connectivity index (χ0n) is 12.7. The summed E-state index contributed by atoms with van der Waals surface area (Å²) in [5.41, 5.74) is 2.99. The van der Waals surface area contributed by atoms with Crippen LogP contribution in [0.4, 0.5) is 0 Å². The molecular weight excluding hydrogens is 238 g/mol. The van der Waals surface area contributed by atoms with E-state index in [-0.39, 0.29) is 0 Å². The van der Waals surface area contributed by atoms with Gasteiger partial charge in [0.05, 0.1) is 14.2 Å². The molecule has 0 aromatic heterocycles. The number of hydrogen-bond donors (Lipinski definition) is 1. The fourth-order valence-electron chi connectivity index (χ4n) is 3.00. The Balaban J connectivity index is 2.53. The lowest BCUT2D eigenvalue weighted by atomic mass is 9.83. The van der Waals surface area contributed by atoms with Crippen LogP contribution in [0.3, 0.4) is 0 Å². The molecular formula is C16H25NO2. The third kappa shape index (κ3) is 2.86. The number of hydrogen-bond acceptors (Lipinski definition) is 3. The van der Waals surface area contributed by atoms with Crippen molar-refractivity contribution in [2.24, 2.45) is 5.41 Å². The highest BCUT2D eigenvalue weighted by Crippen LogP contribution is 2.43. The van der Waals surface area contributed by atoms with Crippen LogP contribution in [0, 0.1) is 5.41 Å². The van der Waals surface area contributed by atoms with Gasteiger partial charge in [-0.2, -0.15) is 0 Å². The second-order valence-corrected chi connectivity index (χ2v) is 6.11. The molecule has 0 fully saturated rings. The van der Waals surface area contributed by atoms with E-state index in [1.165, 1.54) is 17.5 Å². The van der Waals surface area contributed by atoms with Crippen molar-refractivity contribution in [3.05, 3.63) is 23.3 Å². The van der Waals surface area contributed by atoms with Crippen molar-refractivity contribution in [3.8, 4) is 11.5 Å². The minimum atomic E-state index is 0.338. The molecule has 0 saturated heterocycles. The van der Waals surface area contributed by atoms with Crippen molar-refractivity contribution >= 4 is 0 Å². The summed E-state index contributed by atoms with van der Waals surface area (Å²) in [6.07, 6.45) is 3.38. The summed E-state index contributed by atoms with van der Waals surface area (Å²) in [6.45, 7) is 4.68. The molecule has 1 aromatic carbocycles. The van der Waals surface area contributed by atoms with E-state index in [0.29, 0.717) is 11.5 Å². The lowest BCUT2D eigenvalue weighted by Gasteiger charge is -2.26. The molecule has 1 N–H and O–H groups in total. The summed E-state index contributed by atoms with van der Waals surface area (Å²) < 4.78 is 11.0. The van der Waals surface area contributed by atoms with Gasteiger partial charge < -0.3 is 14.8 Å². The summed E-state index contributed by atoms with van der Waals surface area (Å²) in [4.78, 5) is 0. The van der Waals surface area contributed by atoms with E-state index in [1.54, 1.807) is 14.2 Å². The molecule has 1 aliphatic rings. The normalized spacial score (nSPS) is 21.4. The van der Waals surface area contributed by atoms with E-state index in [9.17, 15) is 0 Å². The van der Waals surface area contributed by atoms with Gasteiger partial charge in [-0.3, -0.25) is 0 Å². The number of methoxy groups -OCH3 is 2. The zero-order valence-corrected chi connectivity index (χ0v) is 12.7. The Morgan fingerprint density at radius 1 is 1.21 bits per heavy atom. The van der Waals surface area contributed by atoms with Crippen molar-refractivity contribution in [1.82, 2.24) is 5.32 Å². The van der Waals surface area contributed by atoms with Gasteiger partial charge in [0, 0.05) is 12.1 Å². The molecule has 0 bridgehead atoms. The molecule has 1 unspecified atom stereocenters. The maximum absolute atomic E-state index is 5.56. The molecule has 3 heteroatoms. The van der Waals surface area contributed by atoms with E-state index < -0.39 is 0 Å². The molecule has 1 aromatic rings. The summed E-state index contributed by atoms with van der Waals surface area (Å²) in [7, 11) is 5.47. The number of ether oxygens (including phenoxy) is 2. The first-order chi connectivity index (χ1) is 9.00. The smallest absolute Gasteiger partial charge is 0.126 e. The van der Waals surface area contributed by atoms with Crippen LogP contribution in [0.25, 0.3) is 0 Å². The molecule has 0 aliphatic heterocycles. The standard InChI is InChI=1S/C16H25NO2/c1-16(2)7-6-12-13(14(10-16)17-3)8-11(18-4)9-15(12)19-5/h8-9,14,17H,6-7,10H2,1-5H3. The summed E-state index contributed by atoms with van der Waals surface area (Å²) in [6, 6.07) is 4.50. The largest absolute Gasteiger partial charge is 0.497 e. The molecule has 2 rings (SSSR count). The molecule has 1 atom stereocenters. The van der Waals surface area contributed by atoms with E-state index in [0.717, 1.165) is 24.3 Å². The van der Waals surface area contributed by atoms with Crippen LogP contribution in [0.15, 0.2) is 12.1 Å². The highest BCUT2D eigenvalue weighted by molar-refractivity contribution is 5.48. The van der Waals surface area contributed by atoms with Crippen LogP contribution >= 0.6 is 0 Å². The lowest BCUT2D eigenvalue weighted by molar-refractivity contribution is 0.279. The van der Waals surface area contributed by atoms with Crippen LogP contribution in [0.1, 0.15) is 43.9 Å². The van der Waals surface area contributed by atoms with E-state index in [2.05, 4.69) is 25.2 Å². The first kappa shape index (κ1) is 14.2. The van der Waals surface area contributed by atoms with Crippen LogP contribution in [0.2, 0.25) is 0 Å². The summed E-state index contributed by atoms with van der Waals surface area (Å²) in [5.74, 6) is 1.82. The Bertz CT molecular complexity index is 454. The van der Waals surface area contributed by atoms with E-state index >= 15 is 0 Å². The quantitative estimate of drug-likeness (QED) is 0.849. The van der Waals surface area contributed by atoms with Gasteiger partial charge in [0.2, 0.25) is 0 Å². The maximum atomic E-state index is 5.56. The van der Waals surface area contributed by atoms with E-state index in [1.807, 2.05) is 13.1 Å². The summed E-state index contributed by atoms with van der Waals surface area (Å²) >= 11 is 0. The molecule has 0 spiro atoms. The zero-order chi connectivity index (χ0) is 14.0. The molecule has 0 amide bonds. The molecule has 0 radical (unpaired) electrons. The maximum Gasteiger partial charge on any atom is 0.126 e. The molecule has 0 heterocycles. The highest BCUT2D eigenvalue weighted by atomic mass is 16.5.